The lowest BCUT2D eigenvalue weighted by Gasteiger charge is -2.20. The topological polar surface area (TPSA) is 53.0 Å². The molecule has 1 amide bonds. The van der Waals surface area contributed by atoms with E-state index in [9.17, 15) is 9.90 Å². The van der Waals surface area contributed by atoms with E-state index in [-0.39, 0.29) is 0 Å². The van der Waals surface area contributed by atoms with Crippen LogP contribution in [0, 0.1) is 6.92 Å². The minimum atomic E-state index is -0.949. The molecule has 0 spiro atoms. The van der Waals surface area contributed by atoms with Crippen molar-refractivity contribution in [2.45, 2.75) is 13.3 Å². The summed E-state index contributed by atoms with van der Waals surface area (Å²) < 4.78 is 5.85. The Morgan fingerprint density at radius 3 is 2.36 bits per heavy atom. The molecule has 1 N–H and O–H groups in total. The van der Waals surface area contributed by atoms with Crippen LogP contribution in [0.15, 0.2) is 48.5 Å². The third-order valence-corrected chi connectivity index (χ3v) is 3.95. The first-order chi connectivity index (χ1) is 12.0. The highest BCUT2D eigenvalue weighted by Gasteiger charge is 2.15. The van der Waals surface area contributed by atoms with Crippen molar-refractivity contribution in [3.05, 3.63) is 59.7 Å². The summed E-state index contributed by atoms with van der Waals surface area (Å²) in [5.41, 5.74) is 2.80. The molecule has 5 nitrogen and oxygen atoms in total. The highest BCUT2D eigenvalue weighted by Crippen LogP contribution is 2.21. The van der Waals surface area contributed by atoms with Crippen LogP contribution in [0.2, 0.25) is 0 Å². The fraction of sp³-hybridized carbons (Fsp3) is 0.350. The fourth-order valence-corrected chi connectivity index (χ4v) is 2.48. The number of carbonyl (C=O) groups is 1. The summed E-state index contributed by atoms with van der Waals surface area (Å²) in [5, 5.41) is 9.53. The van der Waals surface area contributed by atoms with E-state index in [2.05, 4.69) is 4.90 Å². The van der Waals surface area contributed by atoms with Crippen molar-refractivity contribution in [2.24, 2.45) is 0 Å². The Labute approximate surface area is 149 Å². The Balaban J connectivity index is 2.05. The average molecular weight is 342 g/mol. The van der Waals surface area contributed by atoms with Crippen LogP contribution >= 0.6 is 0 Å². The smallest absolute Gasteiger partial charge is 0.411 e. The molecule has 0 aromatic heterocycles. The Bertz CT molecular complexity index is 684. The molecule has 5 heteroatoms. The van der Waals surface area contributed by atoms with Gasteiger partial charge < -0.3 is 14.7 Å². The third kappa shape index (κ3) is 5.80. The molecular formula is C20H26N2O3. The Kier molecular flexibility index (Phi) is 6.83. The van der Waals surface area contributed by atoms with Gasteiger partial charge in [0.05, 0.1) is 0 Å². The molecule has 0 aliphatic heterocycles. The summed E-state index contributed by atoms with van der Waals surface area (Å²) in [6.07, 6.45) is -0.354. The zero-order valence-corrected chi connectivity index (χ0v) is 15.1. The predicted octanol–water partition coefficient (Wildman–Crippen LogP) is 3.66. The van der Waals surface area contributed by atoms with Gasteiger partial charge in [0.2, 0.25) is 0 Å². The van der Waals surface area contributed by atoms with Crippen molar-refractivity contribution in [3.8, 4) is 5.75 Å². The van der Waals surface area contributed by atoms with Gasteiger partial charge in [-0.3, -0.25) is 4.90 Å². The number of hydrogen-bond donors (Lipinski definition) is 1. The molecule has 0 atom stereocenters. The molecule has 2 rings (SSSR count). The van der Waals surface area contributed by atoms with E-state index < -0.39 is 6.09 Å². The maximum absolute atomic E-state index is 11.6. The van der Waals surface area contributed by atoms with E-state index in [0.29, 0.717) is 25.3 Å². The highest BCUT2D eigenvalue weighted by atomic mass is 16.5. The SMILES string of the molecule is Cc1ccc(N(CCc2ccccc2OCCN(C)C)C(=O)O)cc1. The first-order valence-electron chi connectivity index (χ1n) is 8.40. The third-order valence-electron chi connectivity index (χ3n) is 3.95. The molecule has 0 fully saturated rings. The van der Waals surface area contributed by atoms with Crippen molar-refractivity contribution in [1.82, 2.24) is 4.90 Å². The van der Waals surface area contributed by atoms with Crippen LogP contribution in [0.5, 0.6) is 5.75 Å². The first-order valence-corrected chi connectivity index (χ1v) is 8.40. The second-order valence-corrected chi connectivity index (χ2v) is 6.28. The van der Waals surface area contributed by atoms with Gasteiger partial charge in [0.25, 0.3) is 0 Å². The summed E-state index contributed by atoms with van der Waals surface area (Å²) in [6.45, 7) is 3.80. The molecule has 25 heavy (non-hydrogen) atoms. The lowest BCUT2D eigenvalue weighted by Crippen LogP contribution is -2.31. The van der Waals surface area contributed by atoms with Crippen LogP contribution in [-0.4, -0.2) is 49.9 Å². The summed E-state index contributed by atoms with van der Waals surface area (Å²) >= 11 is 0. The molecular weight excluding hydrogens is 316 g/mol. The van der Waals surface area contributed by atoms with E-state index >= 15 is 0 Å². The number of carboxylic acid groups (broad SMARTS) is 1. The summed E-state index contributed by atoms with van der Waals surface area (Å²) in [5.74, 6) is 0.818. The number of likely N-dealkylation sites (N-methyl/N-ethyl adjacent to an activating group) is 1. The van der Waals surface area contributed by atoms with Crippen LogP contribution < -0.4 is 9.64 Å². The normalized spacial score (nSPS) is 10.7. The minimum Gasteiger partial charge on any atom is -0.492 e. The molecule has 2 aromatic rings. The highest BCUT2D eigenvalue weighted by molar-refractivity contribution is 5.86. The van der Waals surface area contributed by atoms with Crippen LogP contribution in [0.3, 0.4) is 0 Å². The molecule has 0 aliphatic carbocycles. The maximum atomic E-state index is 11.6. The van der Waals surface area contributed by atoms with Gasteiger partial charge in [-0.15, -0.1) is 0 Å². The van der Waals surface area contributed by atoms with Crippen molar-refractivity contribution in [1.29, 1.82) is 0 Å². The van der Waals surface area contributed by atoms with E-state index in [1.54, 1.807) is 0 Å². The van der Waals surface area contributed by atoms with Gasteiger partial charge in [0, 0.05) is 18.8 Å². The minimum absolute atomic E-state index is 0.381. The number of aryl methyl sites for hydroxylation is 1. The molecule has 0 saturated heterocycles. The molecule has 0 radical (unpaired) electrons. The summed E-state index contributed by atoms with van der Waals surface area (Å²) in [7, 11) is 4.00. The van der Waals surface area contributed by atoms with Crippen molar-refractivity contribution < 1.29 is 14.6 Å². The second kappa shape index (κ2) is 9.08. The van der Waals surface area contributed by atoms with Gasteiger partial charge in [-0.05, 0) is 51.2 Å². The Hall–Kier alpha value is -2.53. The Morgan fingerprint density at radius 2 is 1.72 bits per heavy atom. The predicted molar refractivity (Wildman–Crippen MR) is 101 cm³/mol. The van der Waals surface area contributed by atoms with Crippen molar-refractivity contribution in [2.75, 3.05) is 38.7 Å². The van der Waals surface area contributed by atoms with E-state index in [1.165, 1.54) is 4.90 Å². The average Bonchev–Trinajstić information content (AvgIpc) is 2.57. The monoisotopic (exact) mass is 342 g/mol. The van der Waals surface area contributed by atoms with Gasteiger partial charge in [0.1, 0.15) is 12.4 Å². The number of para-hydroxylation sites is 1. The quantitative estimate of drug-likeness (QED) is 0.795. The van der Waals surface area contributed by atoms with Gasteiger partial charge in [-0.25, -0.2) is 4.79 Å². The number of amides is 1. The van der Waals surface area contributed by atoms with Gasteiger partial charge in [-0.2, -0.15) is 0 Å². The molecule has 0 unspecified atom stereocenters. The number of rotatable bonds is 8. The van der Waals surface area contributed by atoms with Crippen LogP contribution in [0.4, 0.5) is 10.5 Å². The molecule has 0 bridgehead atoms. The molecule has 2 aromatic carbocycles. The lowest BCUT2D eigenvalue weighted by atomic mass is 10.1. The van der Waals surface area contributed by atoms with Gasteiger partial charge in [-0.1, -0.05) is 35.9 Å². The van der Waals surface area contributed by atoms with Crippen LogP contribution in [0.1, 0.15) is 11.1 Å². The number of benzene rings is 2. The molecule has 134 valence electrons. The molecule has 0 aliphatic rings. The number of anilines is 1. The lowest BCUT2D eigenvalue weighted by molar-refractivity contribution is 0.202. The van der Waals surface area contributed by atoms with Crippen molar-refractivity contribution >= 4 is 11.8 Å². The standard InChI is InChI=1S/C20H26N2O3/c1-16-8-10-18(11-9-16)22(20(23)24)13-12-17-6-4-5-7-19(17)25-15-14-21(2)3/h4-11H,12-15H2,1-3H3,(H,23,24). The fourth-order valence-electron chi connectivity index (χ4n) is 2.48. The number of nitrogens with zero attached hydrogens (tertiary/aromatic N) is 2. The Morgan fingerprint density at radius 1 is 1.04 bits per heavy atom. The zero-order valence-electron chi connectivity index (χ0n) is 15.1. The van der Waals surface area contributed by atoms with E-state index in [4.69, 9.17) is 4.74 Å². The largest absolute Gasteiger partial charge is 0.492 e. The van der Waals surface area contributed by atoms with Gasteiger partial charge in [0.15, 0.2) is 0 Å². The van der Waals surface area contributed by atoms with Gasteiger partial charge >= 0.3 is 6.09 Å². The molecule has 0 heterocycles. The number of hydrogen-bond acceptors (Lipinski definition) is 3. The second-order valence-electron chi connectivity index (χ2n) is 6.28. The van der Waals surface area contributed by atoms with E-state index in [1.807, 2.05) is 69.6 Å². The summed E-state index contributed by atoms with van der Waals surface area (Å²) in [4.78, 5) is 15.1. The first kappa shape index (κ1) is 18.8. The maximum Gasteiger partial charge on any atom is 0.411 e. The zero-order chi connectivity index (χ0) is 18.2. The van der Waals surface area contributed by atoms with E-state index in [0.717, 1.165) is 23.4 Å². The van der Waals surface area contributed by atoms with Crippen molar-refractivity contribution in [3.63, 3.8) is 0 Å². The molecule has 0 saturated carbocycles. The van der Waals surface area contributed by atoms with Crippen LogP contribution in [-0.2, 0) is 6.42 Å². The number of ether oxygens (including phenoxy) is 1. The van der Waals surface area contributed by atoms with Crippen LogP contribution in [0.25, 0.3) is 0 Å². The summed E-state index contributed by atoms with van der Waals surface area (Å²) in [6, 6.07) is 15.3.